The van der Waals surface area contributed by atoms with Gasteiger partial charge in [0.1, 0.15) is 0 Å². The lowest BCUT2D eigenvalue weighted by Crippen LogP contribution is -2.15. The largest absolute Gasteiger partial charge is 0.381 e. The Balaban J connectivity index is 1.81. The zero-order chi connectivity index (χ0) is 11.0. The van der Waals surface area contributed by atoms with Gasteiger partial charge in [0.05, 0.1) is 6.61 Å². The molecule has 1 atom stereocenters. The van der Waals surface area contributed by atoms with E-state index in [9.17, 15) is 0 Å². The van der Waals surface area contributed by atoms with E-state index >= 15 is 0 Å². The van der Waals surface area contributed by atoms with Gasteiger partial charge in [0, 0.05) is 17.0 Å². The molecule has 16 heavy (non-hydrogen) atoms. The van der Waals surface area contributed by atoms with E-state index in [-0.39, 0.29) is 0 Å². The Morgan fingerprint density at radius 1 is 1.12 bits per heavy atom. The van der Waals surface area contributed by atoms with Crippen LogP contribution in [0.5, 0.6) is 0 Å². The molecule has 1 nitrogen and oxygen atoms in total. The summed E-state index contributed by atoms with van der Waals surface area (Å²) in [4.78, 5) is 0. The molecule has 0 N–H and O–H groups in total. The van der Waals surface area contributed by atoms with Crippen molar-refractivity contribution >= 4 is 15.9 Å². The van der Waals surface area contributed by atoms with E-state index in [0.29, 0.717) is 5.92 Å². The topological polar surface area (TPSA) is 9.23 Å². The fourth-order valence-corrected chi connectivity index (χ4v) is 3.25. The Hall–Kier alpha value is -0.340. The highest BCUT2D eigenvalue weighted by atomic mass is 79.9. The molecule has 0 amide bonds. The smallest absolute Gasteiger partial charge is 0.0534 e. The van der Waals surface area contributed by atoms with Gasteiger partial charge in [-0.25, -0.2) is 0 Å². The molecule has 3 rings (SSSR count). The predicted molar refractivity (Wildman–Crippen MR) is 68.9 cm³/mol. The summed E-state index contributed by atoms with van der Waals surface area (Å²) in [5, 5.41) is 0. The first-order chi connectivity index (χ1) is 7.84. The summed E-state index contributed by atoms with van der Waals surface area (Å²) in [7, 11) is 0. The maximum atomic E-state index is 5.55. The van der Waals surface area contributed by atoms with E-state index in [1.807, 2.05) is 0 Å². The zero-order valence-electron chi connectivity index (χ0n) is 9.42. The van der Waals surface area contributed by atoms with Crippen LogP contribution in [0.1, 0.15) is 48.6 Å². The second kappa shape index (κ2) is 4.50. The number of rotatable bonds is 2. The van der Waals surface area contributed by atoms with E-state index in [4.69, 9.17) is 4.74 Å². The summed E-state index contributed by atoms with van der Waals surface area (Å²) in [6, 6.07) is 6.93. The molecular weight excluding hydrogens is 264 g/mol. The summed E-state index contributed by atoms with van der Waals surface area (Å²) in [6.07, 6.45) is 5.21. The average molecular weight is 281 g/mol. The summed E-state index contributed by atoms with van der Waals surface area (Å²) in [5.41, 5.74) is 2.94. The highest BCUT2D eigenvalue weighted by Crippen LogP contribution is 2.44. The van der Waals surface area contributed by atoms with Crippen LogP contribution < -0.4 is 0 Å². The van der Waals surface area contributed by atoms with Crippen LogP contribution in [0.2, 0.25) is 0 Å². The number of benzene rings is 1. The molecule has 1 unspecified atom stereocenters. The van der Waals surface area contributed by atoms with Gasteiger partial charge in [-0.3, -0.25) is 0 Å². The number of hydrogen-bond donors (Lipinski definition) is 0. The fraction of sp³-hybridized carbons (Fsp3) is 0.571. The van der Waals surface area contributed by atoms with Crippen LogP contribution in [0.25, 0.3) is 0 Å². The van der Waals surface area contributed by atoms with Crippen LogP contribution in [0, 0.1) is 0 Å². The van der Waals surface area contributed by atoms with Crippen molar-refractivity contribution in [1.82, 2.24) is 0 Å². The van der Waals surface area contributed by atoms with Crippen LogP contribution in [0.3, 0.4) is 0 Å². The molecule has 0 aromatic heterocycles. The van der Waals surface area contributed by atoms with Crippen LogP contribution in [-0.2, 0) is 4.74 Å². The number of halogens is 1. The molecule has 1 saturated carbocycles. The van der Waals surface area contributed by atoms with Crippen molar-refractivity contribution in [3.8, 4) is 0 Å². The molecule has 0 bridgehead atoms. The first kappa shape index (κ1) is 10.8. The van der Waals surface area contributed by atoms with Gasteiger partial charge in [-0.2, -0.15) is 0 Å². The van der Waals surface area contributed by atoms with Crippen LogP contribution >= 0.6 is 15.9 Å². The van der Waals surface area contributed by atoms with E-state index in [2.05, 4.69) is 34.1 Å². The quantitative estimate of drug-likeness (QED) is 0.788. The van der Waals surface area contributed by atoms with Crippen molar-refractivity contribution in [3.05, 3.63) is 33.8 Å². The van der Waals surface area contributed by atoms with E-state index in [1.54, 1.807) is 0 Å². The lowest BCUT2D eigenvalue weighted by atomic mass is 9.92. The SMILES string of the molecule is Brc1cc(C2CCCOC2)ccc1C1CC1. The Bertz CT molecular complexity index is 378. The summed E-state index contributed by atoms with van der Waals surface area (Å²) >= 11 is 3.71. The molecule has 2 aliphatic rings. The van der Waals surface area contributed by atoms with Gasteiger partial charge in [-0.05, 0) is 48.8 Å². The Morgan fingerprint density at radius 2 is 2.00 bits per heavy atom. The summed E-state index contributed by atoms with van der Waals surface area (Å²) in [5.74, 6) is 1.43. The Morgan fingerprint density at radius 3 is 2.62 bits per heavy atom. The first-order valence-corrected chi connectivity index (χ1v) is 7.01. The van der Waals surface area contributed by atoms with Gasteiger partial charge < -0.3 is 4.74 Å². The molecule has 1 heterocycles. The number of hydrogen-bond acceptors (Lipinski definition) is 1. The van der Waals surface area contributed by atoms with Gasteiger partial charge in [0.25, 0.3) is 0 Å². The molecule has 0 spiro atoms. The standard InChI is InChI=1S/C14H17BrO/c15-14-8-11(12-2-1-7-16-9-12)5-6-13(14)10-3-4-10/h5-6,8,10,12H,1-4,7,9H2. The summed E-state index contributed by atoms with van der Waals surface area (Å²) in [6.45, 7) is 1.84. The third-order valence-corrected chi connectivity index (χ3v) is 4.36. The highest BCUT2D eigenvalue weighted by Gasteiger charge is 2.26. The minimum atomic E-state index is 0.610. The van der Waals surface area contributed by atoms with Crippen molar-refractivity contribution in [2.75, 3.05) is 13.2 Å². The van der Waals surface area contributed by atoms with Crippen LogP contribution in [0.15, 0.2) is 22.7 Å². The molecule has 1 aliphatic heterocycles. The Kier molecular flexibility index (Phi) is 3.03. The van der Waals surface area contributed by atoms with Gasteiger partial charge in [0.2, 0.25) is 0 Å². The monoisotopic (exact) mass is 280 g/mol. The van der Waals surface area contributed by atoms with Gasteiger partial charge >= 0.3 is 0 Å². The third-order valence-electron chi connectivity index (χ3n) is 3.67. The molecule has 1 aliphatic carbocycles. The van der Waals surface area contributed by atoms with E-state index in [0.717, 1.165) is 19.1 Å². The van der Waals surface area contributed by atoms with Crippen molar-refractivity contribution in [2.45, 2.75) is 37.5 Å². The summed E-state index contributed by atoms with van der Waals surface area (Å²) < 4.78 is 6.85. The van der Waals surface area contributed by atoms with Crippen LogP contribution in [0.4, 0.5) is 0 Å². The number of ether oxygens (including phenoxy) is 1. The second-order valence-corrected chi connectivity index (χ2v) is 5.82. The normalized spacial score (nSPS) is 25.7. The van der Waals surface area contributed by atoms with E-state index in [1.165, 1.54) is 41.3 Å². The molecule has 1 saturated heterocycles. The van der Waals surface area contributed by atoms with Gasteiger partial charge in [-0.1, -0.05) is 28.1 Å². The van der Waals surface area contributed by atoms with Crippen molar-refractivity contribution < 1.29 is 4.74 Å². The minimum absolute atomic E-state index is 0.610. The first-order valence-electron chi connectivity index (χ1n) is 6.21. The van der Waals surface area contributed by atoms with Crippen LogP contribution in [-0.4, -0.2) is 13.2 Å². The molecule has 2 heteroatoms. The third kappa shape index (κ3) is 2.18. The molecule has 86 valence electrons. The van der Waals surface area contributed by atoms with Crippen molar-refractivity contribution in [2.24, 2.45) is 0 Å². The maximum Gasteiger partial charge on any atom is 0.0534 e. The molecule has 1 aromatic rings. The molecular formula is C14H17BrO. The maximum absolute atomic E-state index is 5.55. The average Bonchev–Trinajstić information content (AvgIpc) is 3.14. The predicted octanol–water partition coefficient (Wildman–Crippen LogP) is 4.22. The lowest BCUT2D eigenvalue weighted by molar-refractivity contribution is 0.0804. The second-order valence-electron chi connectivity index (χ2n) is 4.97. The lowest BCUT2D eigenvalue weighted by Gasteiger charge is -2.23. The molecule has 2 fully saturated rings. The van der Waals surface area contributed by atoms with Crippen molar-refractivity contribution in [3.63, 3.8) is 0 Å². The molecule has 0 radical (unpaired) electrons. The van der Waals surface area contributed by atoms with Gasteiger partial charge in [-0.15, -0.1) is 0 Å². The van der Waals surface area contributed by atoms with Crippen molar-refractivity contribution in [1.29, 1.82) is 0 Å². The highest BCUT2D eigenvalue weighted by molar-refractivity contribution is 9.10. The fourth-order valence-electron chi connectivity index (χ4n) is 2.53. The molecule has 1 aromatic carbocycles. The van der Waals surface area contributed by atoms with Gasteiger partial charge in [0.15, 0.2) is 0 Å². The minimum Gasteiger partial charge on any atom is -0.381 e. The Labute approximate surface area is 105 Å². The van der Waals surface area contributed by atoms with E-state index < -0.39 is 0 Å². The zero-order valence-corrected chi connectivity index (χ0v) is 11.0.